The SMILES string of the molecule is CCC(C)(O)CNC(C)c1ccc(F)cc1O. The molecular formula is C13H20FNO2. The number of nitrogens with one attached hydrogen (secondary N) is 1. The summed E-state index contributed by atoms with van der Waals surface area (Å²) in [6.07, 6.45) is 0.641. The lowest BCUT2D eigenvalue weighted by molar-refractivity contribution is 0.0533. The summed E-state index contributed by atoms with van der Waals surface area (Å²) in [4.78, 5) is 0. The van der Waals surface area contributed by atoms with Gasteiger partial charge in [-0.05, 0) is 26.3 Å². The van der Waals surface area contributed by atoms with Crippen LogP contribution in [0, 0.1) is 5.82 Å². The highest BCUT2D eigenvalue weighted by Crippen LogP contribution is 2.25. The van der Waals surface area contributed by atoms with Crippen LogP contribution in [0.1, 0.15) is 38.8 Å². The number of rotatable bonds is 5. The summed E-state index contributed by atoms with van der Waals surface area (Å²) >= 11 is 0. The van der Waals surface area contributed by atoms with Crippen LogP contribution in [-0.2, 0) is 0 Å². The summed E-state index contributed by atoms with van der Waals surface area (Å²) in [6.45, 7) is 5.93. The van der Waals surface area contributed by atoms with Crippen molar-refractivity contribution in [3.8, 4) is 5.75 Å². The largest absolute Gasteiger partial charge is 0.508 e. The van der Waals surface area contributed by atoms with Crippen molar-refractivity contribution in [1.82, 2.24) is 5.32 Å². The van der Waals surface area contributed by atoms with Crippen molar-refractivity contribution in [3.63, 3.8) is 0 Å². The van der Waals surface area contributed by atoms with E-state index in [4.69, 9.17) is 0 Å². The Kier molecular flexibility index (Phi) is 4.48. The number of halogens is 1. The van der Waals surface area contributed by atoms with Crippen molar-refractivity contribution >= 4 is 0 Å². The molecule has 1 aromatic rings. The van der Waals surface area contributed by atoms with Crippen molar-refractivity contribution in [2.75, 3.05) is 6.54 Å². The Bertz CT molecular complexity index is 380. The van der Waals surface area contributed by atoms with E-state index in [1.807, 2.05) is 13.8 Å². The third-order valence-corrected chi connectivity index (χ3v) is 3.01. The van der Waals surface area contributed by atoms with Gasteiger partial charge in [0.25, 0.3) is 0 Å². The molecule has 0 radical (unpaired) electrons. The van der Waals surface area contributed by atoms with Crippen LogP contribution in [0.2, 0.25) is 0 Å². The fourth-order valence-corrected chi connectivity index (χ4v) is 1.49. The second-order valence-electron chi connectivity index (χ2n) is 4.66. The number of aromatic hydroxyl groups is 1. The number of benzene rings is 1. The van der Waals surface area contributed by atoms with Crippen LogP contribution in [0.15, 0.2) is 18.2 Å². The number of phenols is 1. The Morgan fingerprint density at radius 2 is 2.12 bits per heavy atom. The Hall–Kier alpha value is -1.13. The molecule has 2 unspecified atom stereocenters. The lowest BCUT2D eigenvalue weighted by Gasteiger charge is -2.25. The van der Waals surface area contributed by atoms with Crippen molar-refractivity contribution in [2.24, 2.45) is 0 Å². The van der Waals surface area contributed by atoms with Gasteiger partial charge in [-0.1, -0.05) is 13.0 Å². The summed E-state index contributed by atoms with van der Waals surface area (Å²) in [7, 11) is 0. The maximum Gasteiger partial charge on any atom is 0.126 e. The van der Waals surface area contributed by atoms with Crippen LogP contribution >= 0.6 is 0 Å². The molecule has 2 atom stereocenters. The average Bonchev–Trinajstić information content (AvgIpc) is 2.26. The quantitative estimate of drug-likeness (QED) is 0.741. The van der Waals surface area contributed by atoms with Crippen LogP contribution in [0.3, 0.4) is 0 Å². The van der Waals surface area contributed by atoms with E-state index >= 15 is 0 Å². The van der Waals surface area contributed by atoms with Crippen LogP contribution in [0.25, 0.3) is 0 Å². The second-order valence-corrected chi connectivity index (χ2v) is 4.66. The van der Waals surface area contributed by atoms with E-state index in [0.29, 0.717) is 18.5 Å². The number of hydrogen-bond acceptors (Lipinski definition) is 3. The molecule has 0 saturated carbocycles. The van der Waals surface area contributed by atoms with Gasteiger partial charge in [-0.3, -0.25) is 0 Å². The highest BCUT2D eigenvalue weighted by Gasteiger charge is 2.19. The van der Waals surface area contributed by atoms with Crippen LogP contribution < -0.4 is 5.32 Å². The predicted octanol–water partition coefficient (Wildman–Crippen LogP) is 2.34. The number of hydrogen-bond donors (Lipinski definition) is 3. The molecule has 0 heterocycles. The van der Waals surface area contributed by atoms with E-state index in [2.05, 4.69) is 5.32 Å². The molecule has 3 nitrogen and oxygen atoms in total. The monoisotopic (exact) mass is 241 g/mol. The van der Waals surface area contributed by atoms with Crippen LogP contribution in [0.5, 0.6) is 5.75 Å². The summed E-state index contributed by atoms with van der Waals surface area (Å²) in [5, 5.41) is 22.6. The highest BCUT2D eigenvalue weighted by atomic mass is 19.1. The molecule has 17 heavy (non-hydrogen) atoms. The minimum absolute atomic E-state index is 0.0684. The van der Waals surface area contributed by atoms with E-state index in [1.165, 1.54) is 6.07 Å². The zero-order chi connectivity index (χ0) is 13.1. The molecule has 3 N–H and O–H groups in total. The fourth-order valence-electron chi connectivity index (χ4n) is 1.49. The molecule has 0 aromatic heterocycles. The smallest absolute Gasteiger partial charge is 0.126 e. The van der Waals surface area contributed by atoms with E-state index in [1.54, 1.807) is 13.0 Å². The van der Waals surface area contributed by atoms with E-state index in [9.17, 15) is 14.6 Å². The molecule has 1 rings (SSSR count). The lowest BCUT2D eigenvalue weighted by Crippen LogP contribution is -2.38. The third-order valence-electron chi connectivity index (χ3n) is 3.01. The van der Waals surface area contributed by atoms with Crippen molar-refractivity contribution in [3.05, 3.63) is 29.6 Å². The van der Waals surface area contributed by atoms with E-state index < -0.39 is 11.4 Å². The second kappa shape index (κ2) is 5.47. The number of phenolic OH excluding ortho intramolecular Hbond substituents is 1. The zero-order valence-electron chi connectivity index (χ0n) is 10.5. The molecule has 0 aliphatic carbocycles. The molecule has 0 fully saturated rings. The Balaban J connectivity index is 2.67. The van der Waals surface area contributed by atoms with Gasteiger partial charge in [0.1, 0.15) is 11.6 Å². The van der Waals surface area contributed by atoms with Crippen molar-refractivity contribution < 1.29 is 14.6 Å². The maximum absolute atomic E-state index is 12.8. The Morgan fingerprint density at radius 3 is 2.65 bits per heavy atom. The average molecular weight is 241 g/mol. The summed E-state index contributed by atoms with van der Waals surface area (Å²) < 4.78 is 12.8. The van der Waals surface area contributed by atoms with Crippen molar-refractivity contribution in [1.29, 1.82) is 0 Å². The van der Waals surface area contributed by atoms with Gasteiger partial charge in [-0.25, -0.2) is 4.39 Å². The normalized spacial score (nSPS) is 16.5. The van der Waals surface area contributed by atoms with E-state index in [-0.39, 0.29) is 11.8 Å². The first-order valence-electron chi connectivity index (χ1n) is 5.80. The minimum atomic E-state index is -0.774. The molecule has 0 spiro atoms. The first-order chi connectivity index (χ1) is 7.85. The minimum Gasteiger partial charge on any atom is -0.508 e. The zero-order valence-corrected chi connectivity index (χ0v) is 10.5. The van der Waals surface area contributed by atoms with Gasteiger partial charge in [-0.2, -0.15) is 0 Å². The van der Waals surface area contributed by atoms with Gasteiger partial charge in [0.15, 0.2) is 0 Å². The molecular weight excluding hydrogens is 221 g/mol. The Labute approximate surface area is 101 Å². The standard InChI is InChI=1S/C13H20FNO2/c1-4-13(3,17)8-15-9(2)11-6-5-10(14)7-12(11)16/h5-7,9,15-17H,4,8H2,1-3H3. The van der Waals surface area contributed by atoms with Gasteiger partial charge in [0.2, 0.25) is 0 Å². The van der Waals surface area contributed by atoms with Gasteiger partial charge in [-0.15, -0.1) is 0 Å². The molecule has 4 heteroatoms. The van der Waals surface area contributed by atoms with Crippen LogP contribution in [0.4, 0.5) is 4.39 Å². The van der Waals surface area contributed by atoms with Gasteiger partial charge in [0, 0.05) is 24.2 Å². The molecule has 0 aliphatic heterocycles. The van der Waals surface area contributed by atoms with Crippen molar-refractivity contribution in [2.45, 2.75) is 38.8 Å². The maximum atomic E-state index is 12.8. The molecule has 96 valence electrons. The van der Waals surface area contributed by atoms with Crippen LogP contribution in [-0.4, -0.2) is 22.4 Å². The third kappa shape index (κ3) is 3.98. The molecule has 0 bridgehead atoms. The van der Waals surface area contributed by atoms with Gasteiger partial charge >= 0.3 is 0 Å². The summed E-state index contributed by atoms with van der Waals surface area (Å²) in [5.41, 5.74) is -0.150. The summed E-state index contributed by atoms with van der Waals surface area (Å²) in [6, 6.07) is 3.80. The predicted molar refractivity (Wildman–Crippen MR) is 65.4 cm³/mol. The molecule has 0 saturated heterocycles. The molecule has 0 aliphatic rings. The fraction of sp³-hybridized carbons (Fsp3) is 0.538. The number of aliphatic hydroxyl groups is 1. The van der Waals surface area contributed by atoms with Gasteiger partial charge < -0.3 is 15.5 Å². The topological polar surface area (TPSA) is 52.5 Å². The first kappa shape index (κ1) is 13.9. The van der Waals surface area contributed by atoms with E-state index in [0.717, 1.165) is 6.07 Å². The summed E-state index contributed by atoms with van der Waals surface area (Å²) in [5.74, 6) is -0.528. The molecule has 1 aromatic carbocycles. The van der Waals surface area contributed by atoms with Gasteiger partial charge in [0.05, 0.1) is 5.60 Å². The highest BCUT2D eigenvalue weighted by molar-refractivity contribution is 5.34. The Morgan fingerprint density at radius 1 is 1.47 bits per heavy atom. The molecule has 0 amide bonds. The lowest BCUT2D eigenvalue weighted by atomic mass is 10.0. The first-order valence-corrected chi connectivity index (χ1v) is 5.80.